The van der Waals surface area contributed by atoms with Gasteiger partial charge in [-0.25, -0.2) is 8.42 Å². The van der Waals surface area contributed by atoms with Crippen molar-refractivity contribution in [2.45, 2.75) is 25.0 Å². The van der Waals surface area contributed by atoms with Gasteiger partial charge in [0.1, 0.15) is 0 Å². The molecule has 0 aromatic heterocycles. The first-order valence-corrected chi connectivity index (χ1v) is 9.17. The second kappa shape index (κ2) is 5.96. The predicted octanol–water partition coefficient (Wildman–Crippen LogP) is 2.29. The van der Waals surface area contributed by atoms with Crippen LogP contribution in [-0.4, -0.2) is 27.2 Å². The third kappa shape index (κ3) is 4.71. The second-order valence-corrected chi connectivity index (χ2v) is 8.66. The van der Waals surface area contributed by atoms with E-state index in [1.54, 1.807) is 18.2 Å². The van der Waals surface area contributed by atoms with Gasteiger partial charge in [0.05, 0.1) is 25.0 Å². The summed E-state index contributed by atoms with van der Waals surface area (Å²) < 4.78 is 30.1. The van der Waals surface area contributed by atoms with Gasteiger partial charge in [-0.1, -0.05) is 15.9 Å². The summed E-state index contributed by atoms with van der Waals surface area (Å²) in [7, 11) is -1.98. The molecule has 5 nitrogen and oxygen atoms in total. The molecule has 0 radical (unpaired) electrons. The van der Waals surface area contributed by atoms with Gasteiger partial charge in [-0.3, -0.25) is 4.79 Å². The zero-order chi connectivity index (χ0) is 15.7. The Hall–Kier alpha value is -1.08. The first kappa shape index (κ1) is 16.3. The van der Waals surface area contributed by atoms with Gasteiger partial charge in [0.25, 0.3) is 0 Å². The fraction of sp³-hybridized carbons (Fsp3) is 0.500. The van der Waals surface area contributed by atoms with Crippen LogP contribution in [0.25, 0.3) is 0 Å². The van der Waals surface area contributed by atoms with Crippen LogP contribution in [0.2, 0.25) is 0 Å². The minimum atomic E-state index is -3.30. The van der Waals surface area contributed by atoms with E-state index in [-0.39, 0.29) is 23.9 Å². The Balaban J connectivity index is 2.07. The Morgan fingerprint density at radius 3 is 2.57 bits per heavy atom. The van der Waals surface area contributed by atoms with E-state index in [4.69, 9.17) is 5.73 Å². The zero-order valence-electron chi connectivity index (χ0n) is 11.8. The number of carbonyl (C=O) groups is 1. The molecular weight excluding hydrogens is 358 g/mol. The number of nitrogens with two attached hydrogens (primary N) is 1. The Morgan fingerprint density at radius 1 is 1.38 bits per heavy atom. The van der Waals surface area contributed by atoms with Crippen molar-refractivity contribution >= 4 is 37.4 Å². The Labute approximate surface area is 132 Å². The lowest BCUT2D eigenvalue weighted by Gasteiger charge is -2.14. The molecule has 1 aliphatic carbocycles. The SMILES string of the molecule is COC(=O)CC1(CS(=O)(=O)Cc2cc(N)cc(Br)c2)CC1. The monoisotopic (exact) mass is 375 g/mol. The summed E-state index contributed by atoms with van der Waals surface area (Å²) in [4.78, 5) is 11.4. The molecule has 1 saturated carbocycles. The molecule has 0 saturated heterocycles. The molecule has 116 valence electrons. The number of rotatable bonds is 6. The van der Waals surface area contributed by atoms with E-state index in [9.17, 15) is 13.2 Å². The van der Waals surface area contributed by atoms with Crippen LogP contribution in [0.3, 0.4) is 0 Å². The molecule has 1 fully saturated rings. The predicted molar refractivity (Wildman–Crippen MR) is 84.3 cm³/mol. The number of halogens is 1. The van der Waals surface area contributed by atoms with E-state index >= 15 is 0 Å². The maximum Gasteiger partial charge on any atom is 0.306 e. The summed E-state index contributed by atoms with van der Waals surface area (Å²) in [5.41, 5.74) is 6.46. The van der Waals surface area contributed by atoms with Gasteiger partial charge in [0.2, 0.25) is 0 Å². The highest BCUT2D eigenvalue weighted by atomic mass is 79.9. The molecule has 0 aliphatic heterocycles. The van der Waals surface area contributed by atoms with Gasteiger partial charge < -0.3 is 10.5 Å². The molecular formula is C14H18BrNO4S. The molecule has 0 bridgehead atoms. The number of carbonyl (C=O) groups excluding carboxylic acids is 1. The van der Waals surface area contributed by atoms with Crippen LogP contribution in [0.1, 0.15) is 24.8 Å². The lowest BCUT2D eigenvalue weighted by Crippen LogP contribution is -2.22. The summed E-state index contributed by atoms with van der Waals surface area (Å²) in [6, 6.07) is 5.12. The largest absolute Gasteiger partial charge is 0.469 e. The van der Waals surface area contributed by atoms with E-state index in [1.807, 2.05) is 0 Å². The van der Waals surface area contributed by atoms with Gasteiger partial charge in [-0.2, -0.15) is 0 Å². The Morgan fingerprint density at radius 2 is 2.05 bits per heavy atom. The number of nitrogen functional groups attached to an aromatic ring is 1. The topological polar surface area (TPSA) is 86.5 Å². The quantitative estimate of drug-likeness (QED) is 0.608. The normalized spacial score (nSPS) is 16.5. The maximum atomic E-state index is 12.3. The molecule has 0 spiro atoms. The van der Waals surface area contributed by atoms with E-state index < -0.39 is 15.3 Å². The fourth-order valence-corrected chi connectivity index (χ4v) is 5.12. The zero-order valence-corrected chi connectivity index (χ0v) is 14.2. The molecule has 7 heteroatoms. The molecule has 0 heterocycles. The smallest absolute Gasteiger partial charge is 0.306 e. The highest BCUT2D eigenvalue weighted by Crippen LogP contribution is 2.50. The number of hydrogen-bond acceptors (Lipinski definition) is 5. The first-order chi connectivity index (χ1) is 9.73. The summed E-state index contributed by atoms with van der Waals surface area (Å²) in [5.74, 6) is -0.407. The lowest BCUT2D eigenvalue weighted by molar-refractivity contribution is -0.141. The van der Waals surface area contributed by atoms with Crippen LogP contribution in [0.5, 0.6) is 0 Å². The van der Waals surface area contributed by atoms with Crippen LogP contribution in [0.15, 0.2) is 22.7 Å². The Kier molecular flexibility index (Phi) is 4.63. The van der Waals surface area contributed by atoms with Crippen LogP contribution in [0, 0.1) is 5.41 Å². The molecule has 1 aromatic carbocycles. The summed E-state index contributed by atoms with van der Waals surface area (Å²) >= 11 is 3.30. The third-order valence-corrected chi connectivity index (χ3v) is 5.88. The molecule has 21 heavy (non-hydrogen) atoms. The van der Waals surface area contributed by atoms with Crippen molar-refractivity contribution in [1.29, 1.82) is 0 Å². The van der Waals surface area contributed by atoms with Crippen LogP contribution < -0.4 is 5.73 Å². The summed E-state index contributed by atoms with van der Waals surface area (Å²) in [6.07, 6.45) is 1.67. The number of esters is 1. The van der Waals surface area contributed by atoms with Crippen molar-refractivity contribution in [3.05, 3.63) is 28.2 Å². The average molecular weight is 376 g/mol. The highest BCUT2D eigenvalue weighted by molar-refractivity contribution is 9.10. The van der Waals surface area contributed by atoms with Crippen molar-refractivity contribution in [3.63, 3.8) is 0 Å². The van der Waals surface area contributed by atoms with Crippen molar-refractivity contribution in [3.8, 4) is 0 Å². The van der Waals surface area contributed by atoms with Crippen LogP contribution in [-0.2, 0) is 25.1 Å². The van der Waals surface area contributed by atoms with E-state index in [0.29, 0.717) is 11.3 Å². The Bertz CT molecular complexity index is 633. The minimum absolute atomic E-state index is 0.0154. The molecule has 1 aromatic rings. The van der Waals surface area contributed by atoms with E-state index in [1.165, 1.54) is 7.11 Å². The third-order valence-electron chi connectivity index (χ3n) is 3.60. The summed E-state index contributed by atoms with van der Waals surface area (Å²) in [6.45, 7) is 0. The van der Waals surface area contributed by atoms with Gasteiger partial charge in [0, 0.05) is 10.2 Å². The van der Waals surface area contributed by atoms with Crippen LogP contribution >= 0.6 is 15.9 Å². The van der Waals surface area contributed by atoms with Crippen LogP contribution in [0.4, 0.5) is 5.69 Å². The molecule has 2 N–H and O–H groups in total. The van der Waals surface area contributed by atoms with E-state index in [0.717, 1.165) is 17.3 Å². The average Bonchev–Trinajstić information content (AvgIpc) is 3.04. The number of sulfone groups is 1. The number of methoxy groups -OCH3 is 1. The molecule has 0 atom stereocenters. The molecule has 1 aliphatic rings. The fourth-order valence-electron chi connectivity index (χ4n) is 2.46. The number of anilines is 1. The second-order valence-electron chi connectivity index (χ2n) is 5.68. The van der Waals surface area contributed by atoms with Gasteiger partial charge >= 0.3 is 5.97 Å². The molecule has 2 rings (SSSR count). The standard InChI is InChI=1S/C14H18BrNO4S/c1-20-13(17)7-14(2-3-14)9-21(18,19)8-10-4-11(15)6-12(16)5-10/h4-6H,2-3,7-9,16H2,1H3. The van der Waals surface area contributed by atoms with Gasteiger partial charge in [-0.15, -0.1) is 0 Å². The van der Waals surface area contributed by atoms with Crippen molar-refractivity contribution in [2.75, 3.05) is 18.6 Å². The lowest BCUT2D eigenvalue weighted by atomic mass is 10.1. The van der Waals surface area contributed by atoms with Gasteiger partial charge in [0.15, 0.2) is 9.84 Å². The number of ether oxygens (including phenoxy) is 1. The maximum absolute atomic E-state index is 12.3. The van der Waals surface area contributed by atoms with Crippen molar-refractivity contribution in [2.24, 2.45) is 5.41 Å². The summed E-state index contributed by atoms with van der Waals surface area (Å²) in [5, 5.41) is 0. The number of benzene rings is 1. The van der Waals surface area contributed by atoms with Gasteiger partial charge in [-0.05, 0) is 42.0 Å². The van der Waals surface area contributed by atoms with Crippen molar-refractivity contribution < 1.29 is 17.9 Å². The van der Waals surface area contributed by atoms with E-state index in [2.05, 4.69) is 20.7 Å². The molecule has 0 unspecified atom stereocenters. The van der Waals surface area contributed by atoms with Crippen molar-refractivity contribution in [1.82, 2.24) is 0 Å². The first-order valence-electron chi connectivity index (χ1n) is 6.56. The minimum Gasteiger partial charge on any atom is -0.469 e. The highest BCUT2D eigenvalue weighted by Gasteiger charge is 2.47. The number of hydrogen-bond donors (Lipinski definition) is 1. The molecule has 0 amide bonds.